The predicted octanol–water partition coefficient (Wildman–Crippen LogP) is 8.51. The molecule has 0 amide bonds. The Morgan fingerprint density at radius 1 is 0.475 bits per heavy atom. The second-order valence-corrected chi connectivity index (χ2v) is 11.6. The smallest absolute Gasteiger partial charge is 0.0700 e. The van der Waals surface area contributed by atoms with Crippen molar-refractivity contribution in [1.82, 2.24) is 0 Å². The molecule has 4 rings (SSSR count). The van der Waals surface area contributed by atoms with Crippen LogP contribution in [-0.2, 0) is 31.8 Å². The fourth-order valence-electron chi connectivity index (χ4n) is 4.12. The van der Waals surface area contributed by atoms with Gasteiger partial charge in [-0.2, -0.15) is 0 Å². The lowest BCUT2D eigenvalue weighted by Gasteiger charge is -2.03. The highest BCUT2D eigenvalue weighted by atomic mass is 32.1. The second-order valence-electron chi connectivity index (χ2n) is 9.23. The molecule has 0 aliphatic rings. The van der Waals surface area contributed by atoms with Gasteiger partial charge in [-0.05, 0) is 60.4 Å². The van der Waals surface area contributed by atoms with E-state index in [1.54, 1.807) is 0 Å². The minimum Gasteiger partial charge on any atom is -0.379 e. The van der Waals surface area contributed by atoms with Gasteiger partial charge in [0.15, 0.2) is 0 Å². The van der Waals surface area contributed by atoms with Gasteiger partial charge in [0.25, 0.3) is 0 Å². The largest absolute Gasteiger partial charge is 0.379 e. The summed E-state index contributed by atoms with van der Waals surface area (Å²) >= 11 is 3.68. The summed E-state index contributed by atoms with van der Waals surface area (Å²) in [5, 5.41) is 0. The standard InChI is InChI=1S/C34H40O4S2/c1-3-35-23-25-37-21-19-31-15-17-33(39-31)29-11-7-27(8-12-29)5-6-28-9-13-30(14-10-28)34-18-16-32(40-34)20-22-38-26-24-36-4-2/h5-18H,3-4,19-26H2,1-2H3. The molecule has 212 valence electrons. The van der Waals surface area contributed by atoms with Gasteiger partial charge in [0, 0.05) is 45.6 Å². The van der Waals surface area contributed by atoms with Crippen molar-refractivity contribution in [3.63, 3.8) is 0 Å². The maximum atomic E-state index is 5.66. The van der Waals surface area contributed by atoms with Crippen molar-refractivity contribution in [2.75, 3.05) is 52.9 Å². The highest BCUT2D eigenvalue weighted by Gasteiger charge is 2.05. The first-order valence-electron chi connectivity index (χ1n) is 14.1. The Balaban J connectivity index is 1.23. The number of hydrogen-bond donors (Lipinski definition) is 0. The van der Waals surface area contributed by atoms with Crippen LogP contribution in [0.3, 0.4) is 0 Å². The van der Waals surface area contributed by atoms with Crippen LogP contribution < -0.4 is 0 Å². The van der Waals surface area contributed by atoms with Crippen LogP contribution in [0.5, 0.6) is 0 Å². The average molecular weight is 577 g/mol. The monoisotopic (exact) mass is 576 g/mol. The molecule has 4 aromatic rings. The van der Waals surface area contributed by atoms with E-state index in [9.17, 15) is 0 Å². The average Bonchev–Trinajstić information content (AvgIpc) is 3.66. The van der Waals surface area contributed by atoms with E-state index in [4.69, 9.17) is 18.9 Å². The van der Waals surface area contributed by atoms with Gasteiger partial charge in [0.05, 0.1) is 39.6 Å². The van der Waals surface area contributed by atoms with E-state index < -0.39 is 0 Å². The number of benzene rings is 2. The lowest BCUT2D eigenvalue weighted by atomic mass is 10.1. The molecule has 0 aliphatic heterocycles. The molecule has 0 atom stereocenters. The van der Waals surface area contributed by atoms with Crippen LogP contribution in [0, 0.1) is 0 Å². The summed E-state index contributed by atoms with van der Waals surface area (Å²) in [5.74, 6) is 0. The first kappa shape index (κ1) is 30.4. The molecule has 0 radical (unpaired) electrons. The molecule has 40 heavy (non-hydrogen) atoms. The van der Waals surface area contributed by atoms with Crippen molar-refractivity contribution >= 4 is 34.8 Å². The van der Waals surface area contributed by atoms with E-state index >= 15 is 0 Å². The van der Waals surface area contributed by atoms with Gasteiger partial charge in [0.1, 0.15) is 0 Å². The van der Waals surface area contributed by atoms with Crippen LogP contribution in [-0.4, -0.2) is 52.9 Å². The van der Waals surface area contributed by atoms with Gasteiger partial charge in [-0.1, -0.05) is 60.7 Å². The molecular formula is C34H40O4S2. The van der Waals surface area contributed by atoms with Crippen molar-refractivity contribution < 1.29 is 18.9 Å². The summed E-state index contributed by atoms with van der Waals surface area (Å²) in [5.41, 5.74) is 4.89. The molecule has 0 fully saturated rings. The zero-order valence-electron chi connectivity index (χ0n) is 23.6. The summed E-state index contributed by atoms with van der Waals surface area (Å²) in [6.07, 6.45) is 6.23. The van der Waals surface area contributed by atoms with Gasteiger partial charge in [-0.25, -0.2) is 0 Å². The van der Waals surface area contributed by atoms with Gasteiger partial charge >= 0.3 is 0 Å². The molecule has 0 saturated carbocycles. The Labute approximate surface area is 247 Å². The van der Waals surface area contributed by atoms with E-state index in [1.807, 2.05) is 36.5 Å². The molecule has 2 aromatic heterocycles. The minimum atomic E-state index is 0.660. The number of ether oxygens (including phenoxy) is 4. The predicted molar refractivity (Wildman–Crippen MR) is 170 cm³/mol. The van der Waals surface area contributed by atoms with E-state index in [2.05, 4.69) is 84.9 Å². The Hall–Kier alpha value is -2.58. The maximum absolute atomic E-state index is 5.66. The molecule has 6 heteroatoms. The van der Waals surface area contributed by atoms with Crippen LogP contribution in [0.2, 0.25) is 0 Å². The zero-order valence-corrected chi connectivity index (χ0v) is 25.2. The van der Waals surface area contributed by atoms with Gasteiger partial charge in [-0.3, -0.25) is 0 Å². The van der Waals surface area contributed by atoms with Crippen LogP contribution in [0.1, 0.15) is 34.7 Å². The second kappa shape index (κ2) is 17.3. The lowest BCUT2D eigenvalue weighted by Crippen LogP contribution is -2.05. The van der Waals surface area contributed by atoms with E-state index in [-0.39, 0.29) is 0 Å². The van der Waals surface area contributed by atoms with Gasteiger partial charge < -0.3 is 18.9 Å². The van der Waals surface area contributed by atoms with Crippen molar-refractivity contribution in [3.8, 4) is 20.9 Å². The minimum absolute atomic E-state index is 0.660. The quantitative estimate of drug-likeness (QED) is 0.0879. The SMILES string of the molecule is CCOCCOCCc1ccc(-c2ccc(C=Cc3ccc(-c4ccc(CCOCCOCC)s4)cc3)cc2)s1. The molecule has 2 aromatic carbocycles. The molecule has 4 nitrogen and oxygen atoms in total. The Morgan fingerprint density at radius 3 is 1.27 bits per heavy atom. The fraction of sp³-hybridized carbons (Fsp3) is 0.353. The topological polar surface area (TPSA) is 36.9 Å². The van der Waals surface area contributed by atoms with Crippen LogP contribution in [0.4, 0.5) is 0 Å². The van der Waals surface area contributed by atoms with Gasteiger partial charge in [-0.15, -0.1) is 22.7 Å². The van der Waals surface area contributed by atoms with Crippen LogP contribution in [0.15, 0.2) is 72.8 Å². The first-order chi connectivity index (χ1) is 19.7. The highest BCUT2D eigenvalue weighted by molar-refractivity contribution is 7.15. The fourth-order valence-corrected chi connectivity index (χ4v) is 6.11. The molecule has 0 N–H and O–H groups in total. The highest BCUT2D eigenvalue weighted by Crippen LogP contribution is 2.30. The van der Waals surface area contributed by atoms with Crippen molar-refractivity contribution in [2.24, 2.45) is 0 Å². The third-order valence-corrected chi connectivity index (χ3v) is 8.71. The first-order valence-corrected chi connectivity index (χ1v) is 15.8. The number of hydrogen-bond acceptors (Lipinski definition) is 6. The molecule has 0 bridgehead atoms. The van der Waals surface area contributed by atoms with Crippen LogP contribution >= 0.6 is 22.7 Å². The van der Waals surface area contributed by atoms with E-state index in [0.29, 0.717) is 26.4 Å². The van der Waals surface area contributed by atoms with Crippen LogP contribution in [0.25, 0.3) is 33.0 Å². The third-order valence-electron chi connectivity index (χ3n) is 6.32. The summed E-state index contributed by atoms with van der Waals surface area (Å²) in [6, 6.07) is 26.4. The number of rotatable bonds is 18. The zero-order chi connectivity index (χ0) is 27.8. The molecule has 0 saturated heterocycles. The summed E-state index contributed by atoms with van der Waals surface area (Å²) < 4.78 is 21.9. The molecule has 0 unspecified atom stereocenters. The van der Waals surface area contributed by atoms with Gasteiger partial charge in [0.2, 0.25) is 0 Å². The summed E-state index contributed by atoms with van der Waals surface area (Å²) in [6.45, 7) is 9.61. The van der Waals surface area contributed by atoms with Crippen molar-refractivity contribution in [3.05, 3.63) is 93.7 Å². The van der Waals surface area contributed by atoms with Crippen molar-refractivity contribution in [2.45, 2.75) is 26.7 Å². The molecule has 0 spiro atoms. The Bertz CT molecular complexity index is 1170. The van der Waals surface area contributed by atoms with Crippen molar-refractivity contribution in [1.29, 1.82) is 0 Å². The normalized spacial score (nSPS) is 11.6. The summed E-state index contributed by atoms with van der Waals surface area (Å²) in [4.78, 5) is 5.28. The van der Waals surface area contributed by atoms with E-state index in [1.165, 1.54) is 41.8 Å². The molecule has 0 aliphatic carbocycles. The lowest BCUT2D eigenvalue weighted by molar-refractivity contribution is 0.0543. The third kappa shape index (κ3) is 10.1. The maximum Gasteiger partial charge on any atom is 0.0700 e. The summed E-state index contributed by atoms with van der Waals surface area (Å²) in [7, 11) is 0. The number of thiophene rings is 2. The molecule has 2 heterocycles. The van der Waals surface area contributed by atoms with E-state index in [0.717, 1.165) is 39.3 Å². The Morgan fingerprint density at radius 2 is 0.875 bits per heavy atom. The Kier molecular flexibility index (Phi) is 13.1. The molecular weight excluding hydrogens is 537 g/mol.